The predicted molar refractivity (Wildman–Crippen MR) is 161 cm³/mol. The first kappa shape index (κ1) is 22.2. The first-order chi connectivity index (χ1) is 18.7. The van der Waals surface area contributed by atoms with Gasteiger partial charge in [-0.3, -0.25) is 0 Å². The number of rotatable bonds is 2. The van der Waals surface area contributed by atoms with E-state index in [-0.39, 0.29) is 5.41 Å². The molecule has 2 heteroatoms. The maximum absolute atomic E-state index is 6.59. The smallest absolute Gasteiger partial charge is 0.0547 e. The molecule has 0 amide bonds. The SMILES string of the molecule is Clc1ccc2c(c1)c1cc3c(cc1n2-c1ccc(-c2ccccc2)cc1)-c1ccccc1C31CCCCC1. The van der Waals surface area contributed by atoms with E-state index in [2.05, 4.69) is 108 Å². The fraction of sp³-hybridized carbons (Fsp3) is 0.167. The van der Waals surface area contributed by atoms with Gasteiger partial charge in [-0.1, -0.05) is 97.6 Å². The molecule has 2 aliphatic rings. The second-order valence-corrected chi connectivity index (χ2v) is 11.4. The third kappa shape index (κ3) is 3.12. The zero-order valence-electron chi connectivity index (χ0n) is 21.3. The van der Waals surface area contributed by atoms with E-state index in [1.807, 2.05) is 6.07 Å². The summed E-state index contributed by atoms with van der Waals surface area (Å²) in [5.74, 6) is 0. The molecule has 0 saturated heterocycles. The van der Waals surface area contributed by atoms with Gasteiger partial charge >= 0.3 is 0 Å². The molecular weight excluding hydrogens is 482 g/mol. The van der Waals surface area contributed by atoms with Crippen molar-refractivity contribution in [1.82, 2.24) is 4.57 Å². The molecule has 0 bridgehead atoms. The number of benzene rings is 5. The first-order valence-corrected chi connectivity index (χ1v) is 14.1. The summed E-state index contributed by atoms with van der Waals surface area (Å²) < 4.78 is 2.42. The quantitative estimate of drug-likeness (QED) is 0.219. The van der Waals surface area contributed by atoms with Crippen LogP contribution in [-0.4, -0.2) is 4.57 Å². The molecule has 0 unspecified atom stereocenters. The molecule has 1 saturated carbocycles. The van der Waals surface area contributed by atoms with Crippen molar-refractivity contribution in [2.45, 2.75) is 37.5 Å². The zero-order chi connectivity index (χ0) is 25.3. The highest BCUT2D eigenvalue weighted by Crippen LogP contribution is 2.57. The first-order valence-electron chi connectivity index (χ1n) is 13.8. The fourth-order valence-electron chi connectivity index (χ4n) is 7.34. The Morgan fingerprint density at radius 3 is 2.08 bits per heavy atom. The molecule has 0 radical (unpaired) electrons. The Morgan fingerprint density at radius 1 is 0.553 bits per heavy atom. The molecule has 0 atom stereocenters. The lowest BCUT2D eigenvalue weighted by molar-refractivity contribution is 0.353. The molecule has 5 aromatic carbocycles. The van der Waals surface area contributed by atoms with Gasteiger partial charge in [-0.2, -0.15) is 0 Å². The topological polar surface area (TPSA) is 4.93 Å². The number of hydrogen-bond donors (Lipinski definition) is 0. The van der Waals surface area contributed by atoms with Gasteiger partial charge in [-0.05, 0) is 88.7 Å². The van der Waals surface area contributed by atoms with Gasteiger partial charge in [0, 0.05) is 26.9 Å². The fourth-order valence-corrected chi connectivity index (χ4v) is 7.51. The minimum Gasteiger partial charge on any atom is -0.309 e. The maximum Gasteiger partial charge on any atom is 0.0547 e. The highest BCUT2D eigenvalue weighted by molar-refractivity contribution is 6.32. The minimum atomic E-state index is 0.142. The Balaban J connectivity index is 1.40. The molecule has 1 nitrogen and oxygen atoms in total. The molecule has 1 heterocycles. The molecule has 1 spiro atoms. The van der Waals surface area contributed by atoms with Crippen molar-refractivity contribution in [1.29, 1.82) is 0 Å². The van der Waals surface area contributed by atoms with Crippen molar-refractivity contribution in [2.75, 3.05) is 0 Å². The van der Waals surface area contributed by atoms with Crippen LogP contribution in [0.4, 0.5) is 0 Å². The van der Waals surface area contributed by atoms with Crippen molar-refractivity contribution in [2.24, 2.45) is 0 Å². The van der Waals surface area contributed by atoms with Crippen LogP contribution in [-0.2, 0) is 5.41 Å². The van der Waals surface area contributed by atoms with Gasteiger partial charge < -0.3 is 4.57 Å². The Bertz CT molecular complexity index is 1840. The molecule has 0 aliphatic heterocycles. The molecule has 1 fully saturated rings. The van der Waals surface area contributed by atoms with Crippen LogP contribution in [0.5, 0.6) is 0 Å². The van der Waals surface area contributed by atoms with Gasteiger partial charge in [0.15, 0.2) is 0 Å². The van der Waals surface area contributed by atoms with Gasteiger partial charge in [-0.25, -0.2) is 0 Å². The van der Waals surface area contributed by atoms with Gasteiger partial charge in [0.1, 0.15) is 0 Å². The van der Waals surface area contributed by atoms with Gasteiger partial charge in [0.2, 0.25) is 0 Å². The second kappa shape index (κ2) is 8.35. The Kier molecular flexibility index (Phi) is 4.88. The highest BCUT2D eigenvalue weighted by atomic mass is 35.5. The number of fused-ring (bicyclic) bond motifs is 8. The predicted octanol–water partition coefficient (Wildman–Crippen LogP) is 10.3. The van der Waals surface area contributed by atoms with E-state index in [1.165, 1.54) is 93.0 Å². The van der Waals surface area contributed by atoms with Crippen LogP contribution in [0.2, 0.25) is 5.02 Å². The second-order valence-electron chi connectivity index (χ2n) is 11.0. The molecule has 184 valence electrons. The summed E-state index contributed by atoms with van der Waals surface area (Å²) in [6.45, 7) is 0. The van der Waals surface area contributed by atoms with Crippen LogP contribution >= 0.6 is 11.6 Å². The van der Waals surface area contributed by atoms with Crippen LogP contribution in [0, 0.1) is 0 Å². The number of nitrogens with zero attached hydrogens (tertiary/aromatic N) is 1. The largest absolute Gasteiger partial charge is 0.309 e. The van der Waals surface area contributed by atoms with Crippen molar-refractivity contribution in [3.8, 4) is 27.9 Å². The Morgan fingerprint density at radius 2 is 1.26 bits per heavy atom. The third-order valence-corrected chi connectivity index (χ3v) is 9.29. The lowest BCUT2D eigenvalue weighted by atomic mass is 9.68. The van der Waals surface area contributed by atoms with E-state index in [9.17, 15) is 0 Å². The summed E-state index contributed by atoms with van der Waals surface area (Å²) >= 11 is 6.59. The average molecular weight is 510 g/mol. The van der Waals surface area contributed by atoms with Gasteiger partial charge in [0.25, 0.3) is 0 Å². The van der Waals surface area contributed by atoms with E-state index in [1.54, 1.807) is 0 Å². The lowest BCUT2D eigenvalue weighted by Gasteiger charge is -2.36. The molecule has 1 aromatic heterocycles. The molecular formula is C36H28ClN. The van der Waals surface area contributed by atoms with Gasteiger partial charge in [0.05, 0.1) is 11.0 Å². The molecule has 6 aromatic rings. The van der Waals surface area contributed by atoms with Crippen LogP contribution in [0.1, 0.15) is 43.2 Å². The summed E-state index contributed by atoms with van der Waals surface area (Å²) in [4.78, 5) is 0. The Labute approximate surface area is 228 Å². The van der Waals surface area contributed by atoms with Crippen molar-refractivity contribution in [3.63, 3.8) is 0 Å². The van der Waals surface area contributed by atoms with Crippen molar-refractivity contribution >= 4 is 33.4 Å². The van der Waals surface area contributed by atoms with Crippen molar-refractivity contribution in [3.05, 3.63) is 125 Å². The van der Waals surface area contributed by atoms with E-state index in [0.29, 0.717) is 0 Å². The third-order valence-electron chi connectivity index (χ3n) is 9.05. The summed E-state index contributed by atoms with van der Waals surface area (Å²) in [6, 6.07) is 40.0. The summed E-state index contributed by atoms with van der Waals surface area (Å²) in [5, 5.41) is 3.31. The van der Waals surface area contributed by atoms with Crippen LogP contribution < -0.4 is 0 Å². The van der Waals surface area contributed by atoms with Gasteiger partial charge in [-0.15, -0.1) is 0 Å². The van der Waals surface area contributed by atoms with E-state index >= 15 is 0 Å². The summed E-state index contributed by atoms with van der Waals surface area (Å²) in [6.07, 6.45) is 6.42. The van der Waals surface area contributed by atoms with E-state index < -0.39 is 0 Å². The molecule has 38 heavy (non-hydrogen) atoms. The number of halogens is 1. The Hall–Kier alpha value is -3.81. The number of hydrogen-bond acceptors (Lipinski definition) is 0. The van der Waals surface area contributed by atoms with E-state index in [0.717, 1.165) is 5.02 Å². The van der Waals surface area contributed by atoms with E-state index in [4.69, 9.17) is 11.6 Å². The molecule has 8 rings (SSSR count). The average Bonchev–Trinajstić information content (AvgIpc) is 3.42. The monoisotopic (exact) mass is 509 g/mol. The summed E-state index contributed by atoms with van der Waals surface area (Å²) in [7, 11) is 0. The maximum atomic E-state index is 6.59. The van der Waals surface area contributed by atoms with Crippen LogP contribution in [0.15, 0.2) is 109 Å². The normalized spacial score (nSPS) is 15.7. The van der Waals surface area contributed by atoms with Crippen LogP contribution in [0.3, 0.4) is 0 Å². The standard InChI is InChI=1S/C36H28ClN/c37-26-15-18-34-30(21-26)31-22-33-29(28-11-5-6-12-32(28)36(33)19-7-2-8-20-36)23-35(31)38(34)27-16-13-25(14-17-27)24-9-3-1-4-10-24/h1,3-6,9-18,21-23H,2,7-8,19-20H2. The molecule has 0 N–H and O–H groups in total. The van der Waals surface area contributed by atoms with Crippen LogP contribution in [0.25, 0.3) is 49.7 Å². The number of aromatic nitrogens is 1. The minimum absolute atomic E-state index is 0.142. The summed E-state index contributed by atoms with van der Waals surface area (Å²) in [5.41, 5.74) is 12.1. The molecule has 2 aliphatic carbocycles. The van der Waals surface area contributed by atoms with Crippen molar-refractivity contribution < 1.29 is 0 Å². The lowest BCUT2D eigenvalue weighted by Crippen LogP contribution is -2.27. The highest BCUT2D eigenvalue weighted by Gasteiger charge is 2.44. The zero-order valence-corrected chi connectivity index (χ0v) is 22.0.